The van der Waals surface area contributed by atoms with E-state index in [9.17, 15) is 22.8 Å². The van der Waals surface area contributed by atoms with Crippen LogP contribution in [0.5, 0.6) is 0 Å². The molecule has 0 aliphatic heterocycles. The lowest BCUT2D eigenvalue weighted by atomic mass is 10.2. The zero-order valence-electron chi connectivity index (χ0n) is 21.0. The molecule has 0 bridgehead atoms. The number of ether oxygens (including phenoxy) is 1. The summed E-state index contributed by atoms with van der Waals surface area (Å²) in [6.07, 6.45) is -0.207. The predicted molar refractivity (Wildman–Crippen MR) is 138 cm³/mol. The fraction of sp³-hybridized carbons (Fsp3) is 0.409. The molecule has 3 aromatic rings. The van der Waals surface area contributed by atoms with E-state index in [0.29, 0.717) is 6.42 Å². The SMILES string of the molecule is CCCS(=O)(=O)Nc1nc(N)c2c(n1)n(Cc1ccccc1)c(=O)n2C(=O)N(C)CCN(C)C(=O)OC. The van der Waals surface area contributed by atoms with Gasteiger partial charge >= 0.3 is 17.8 Å². The summed E-state index contributed by atoms with van der Waals surface area (Å²) in [7, 11) is 0.474. The molecule has 0 saturated carbocycles. The fourth-order valence-electron chi connectivity index (χ4n) is 3.57. The molecule has 0 radical (unpaired) electrons. The molecule has 2 aromatic heterocycles. The van der Waals surface area contributed by atoms with Crippen molar-refractivity contribution in [3.05, 3.63) is 46.4 Å². The standard InChI is InChI=1S/C22H30N8O6S/c1-5-13-37(34,35)26-19-24-17(23)16-18(25-19)29(14-15-9-7-6-8-10-15)21(32)30(16)20(31)27(2)11-12-28(3)22(33)36-4/h6-10H,5,11-14H2,1-4H3,(H3,23,24,25,26). The lowest BCUT2D eigenvalue weighted by molar-refractivity contribution is 0.129. The number of rotatable bonds is 9. The minimum Gasteiger partial charge on any atom is -0.453 e. The fourth-order valence-corrected chi connectivity index (χ4v) is 4.58. The van der Waals surface area contributed by atoms with Crippen LogP contribution < -0.4 is 16.1 Å². The molecular weight excluding hydrogens is 504 g/mol. The van der Waals surface area contributed by atoms with Crippen molar-refractivity contribution in [2.24, 2.45) is 0 Å². The van der Waals surface area contributed by atoms with Crippen molar-refractivity contribution in [3.8, 4) is 0 Å². The maximum absolute atomic E-state index is 13.5. The molecule has 2 amide bonds. The van der Waals surface area contributed by atoms with E-state index in [1.807, 2.05) is 6.07 Å². The summed E-state index contributed by atoms with van der Waals surface area (Å²) in [5.41, 5.74) is 6.09. The molecule has 15 heteroatoms. The number of benzene rings is 1. The Morgan fingerprint density at radius 3 is 2.38 bits per heavy atom. The van der Waals surface area contributed by atoms with Crippen LogP contribution in [-0.4, -0.2) is 89.5 Å². The van der Waals surface area contributed by atoms with Gasteiger partial charge in [-0.1, -0.05) is 37.3 Å². The second-order valence-electron chi connectivity index (χ2n) is 8.31. The lowest BCUT2D eigenvalue weighted by Gasteiger charge is -2.21. The third kappa shape index (κ3) is 6.17. The second-order valence-corrected chi connectivity index (χ2v) is 10.2. The van der Waals surface area contributed by atoms with E-state index in [1.165, 1.54) is 35.6 Å². The summed E-state index contributed by atoms with van der Waals surface area (Å²) in [6, 6.07) is 8.27. The smallest absolute Gasteiger partial charge is 0.409 e. The first-order chi connectivity index (χ1) is 17.5. The molecule has 0 fully saturated rings. The highest BCUT2D eigenvalue weighted by atomic mass is 32.2. The van der Waals surface area contributed by atoms with Gasteiger partial charge in [-0.15, -0.1) is 0 Å². The van der Waals surface area contributed by atoms with Crippen molar-refractivity contribution in [2.45, 2.75) is 19.9 Å². The molecular formula is C22H30N8O6S. The number of carbonyl (C=O) groups is 2. The summed E-state index contributed by atoms with van der Waals surface area (Å²) < 4.78 is 33.6. The van der Waals surface area contributed by atoms with Gasteiger partial charge in [0, 0.05) is 27.2 Å². The van der Waals surface area contributed by atoms with E-state index in [-0.39, 0.29) is 48.3 Å². The zero-order chi connectivity index (χ0) is 27.3. The molecule has 3 N–H and O–H groups in total. The van der Waals surface area contributed by atoms with Crippen LogP contribution in [0.15, 0.2) is 35.1 Å². The Balaban J connectivity index is 2.10. The molecule has 200 valence electrons. The highest BCUT2D eigenvalue weighted by Gasteiger charge is 2.26. The maximum atomic E-state index is 13.5. The monoisotopic (exact) mass is 534 g/mol. The van der Waals surface area contributed by atoms with Gasteiger partial charge in [-0.25, -0.2) is 27.4 Å². The summed E-state index contributed by atoms with van der Waals surface area (Å²) in [5.74, 6) is -0.718. The predicted octanol–water partition coefficient (Wildman–Crippen LogP) is 0.973. The van der Waals surface area contributed by atoms with Gasteiger partial charge in [-0.3, -0.25) is 9.29 Å². The number of carbonyl (C=O) groups excluding carboxylic acids is 2. The van der Waals surface area contributed by atoms with E-state index in [2.05, 4.69) is 19.4 Å². The van der Waals surface area contributed by atoms with Crippen LogP contribution in [-0.2, 0) is 21.3 Å². The quantitative estimate of drug-likeness (QED) is 0.405. The van der Waals surface area contributed by atoms with Gasteiger partial charge in [0.05, 0.1) is 19.4 Å². The number of nitrogen functional groups attached to an aromatic ring is 1. The molecule has 14 nitrogen and oxygen atoms in total. The molecule has 2 heterocycles. The van der Waals surface area contributed by atoms with Crippen molar-refractivity contribution >= 4 is 45.1 Å². The number of likely N-dealkylation sites (N-methyl/N-ethyl adjacent to an activating group) is 2. The van der Waals surface area contributed by atoms with Crippen LogP contribution in [0.25, 0.3) is 11.2 Å². The third-order valence-electron chi connectivity index (χ3n) is 5.47. The van der Waals surface area contributed by atoms with E-state index in [4.69, 9.17) is 5.73 Å². The van der Waals surface area contributed by atoms with Crippen molar-refractivity contribution in [3.63, 3.8) is 0 Å². The number of fused-ring (bicyclic) bond motifs is 1. The minimum atomic E-state index is -3.74. The topological polar surface area (TPSA) is 175 Å². The first-order valence-corrected chi connectivity index (χ1v) is 13.0. The molecule has 0 unspecified atom stereocenters. The summed E-state index contributed by atoms with van der Waals surface area (Å²) >= 11 is 0. The van der Waals surface area contributed by atoms with Crippen molar-refractivity contribution in [1.82, 2.24) is 28.9 Å². The average Bonchev–Trinajstić information content (AvgIpc) is 3.13. The number of nitrogens with two attached hydrogens (primary N) is 1. The number of anilines is 2. The molecule has 37 heavy (non-hydrogen) atoms. The lowest BCUT2D eigenvalue weighted by Crippen LogP contribution is -2.42. The summed E-state index contributed by atoms with van der Waals surface area (Å²) in [6.45, 7) is 1.97. The molecule has 0 saturated heterocycles. The number of hydrogen-bond donors (Lipinski definition) is 2. The molecule has 1 aromatic carbocycles. The Morgan fingerprint density at radius 1 is 1.11 bits per heavy atom. The highest BCUT2D eigenvalue weighted by Crippen LogP contribution is 2.21. The summed E-state index contributed by atoms with van der Waals surface area (Å²) in [5, 5.41) is 0. The van der Waals surface area contributed by atoms with Crippen molar-refractivity contribution in [2.75, 3.05) is 50.5 Å². The van der Waals surface area contributed by atoms with E-state index < -0.39 is 27.8 Å². The van der Waals surface area contributed by atoms with Gasteiger partial charge in [0.2, 0.25) is 16.0 Å². The van der Waals surface area contributed by atoms with Crippen LogP contribution in [0.2, 0.25) is 0 Å². The highest BCUT2D eigenvalue weighted by molar-refractivity contribution is 7.92. The molecule has 0 aliphatic carbocycles. The van der Waals surface area contributed by atoms with Gasteiger partial charge in [-0.05, 0) is 12.0 Å². The Kier molecular flexibility index (Phi) is 8.37. The van der Waals surface area contributed by atoms with Gasteiger partial charge in [0.25, 0.3) is 0 Å². The van der Waals surface area contributed by atoms with Gasteiger partial charge < -0.3 is 20.3 Å². The van der Waals surface area contributed by atoms with Crippen LogP contribution in [0.4, 0.5) is 21.4 Å². The number of nitrogens with one attached hydrogen (secondary N) is 1. The number of methoxy groups -OCH3 is 1. The van der Waals surface area contributed by atoms with Crippen molar-refractivity contribution < 1.29 is 22.7 Å². The van der Waals surface area contributed by atoms with Crippen LogP contribution >= 0.6 is 0 Å². The Hall–Kier alpha value is -4.14. The third-order valence-corrected chi connectivity index (χ3v) is 6.91. The summed E-state index contributed by atoms with van der Waals surface area (Å²) in [4.78, 5) is 49.3. The van der Waals surface area contributed by atoms with Gasteiger partial charge in [0.1, 0.15) is 5.52 Å². The Labute approximate surface area is 213 Å². The maximum Gasteiger partial charge on any atom is 0.409 e. The second kappa shape index (κ2) is 11.3. The number of hydrogen-bond acceptors (Lipinski definition) is 9. The van der Waals surface area contributed by atoms with Gasteiger partial charge in [0.15, 0.2) is 11.5 Å². The first-order valence-electron chi connectivity index (χ1n) is 11.4. The molecule has 0 aliphatic rings. The van der Waals surface area contributed by atoms with Crippen LogP contribution in [0.1, 0.15) is 18.9 Å². The molecule has 0 spiro atoms. The average molecular weight is 535 g/mol. The normalized spacial score (nSPS) is 11.4. The molecule has 0 atom stereocenters. The largest absolute Gasteiger partial charge is 0.453 e. The van der Waals surface area contributed by atoms with E-state index in [1.54, 1.807) is 31.2 Å². The van der Waals surface area contributed by atoms with E-state index in [0.717, 1.165) is 10.1 Å². The number of amides is 2. The van der Waals surface area contributed by atoms with E-state index >= 15 is 0 Å². The van der Waals surface area contributed by atoms with Crippen LogP contribution in [0.3, 0.4) is 0 Å². The molecule has 3 rings (SSSR count). The number of sulfonamides is 1. The zero-order valence-corrected chi connectivity index (χ0v) is 21.9. The number of aromatic nitrogens is 4. The number of imidazole rings is 1. The van der Waals surface area contributed by atoms with Crippen LogP contribution in [0, 0.1) is 0 Å². The Bertz CT molecular complexity index is 1450. The first kappa shape index (κ1) is 27.4. The minimum absolute atomic E-state index is 0.0102. The van der Waals surface area contributed by atoms with Gasteiger partial charge in [-0.2, -0.15) is 9.97 Å². The van der Waals surface area contributed by atoms with Crippen molar-refractivity contribution in [1.29, 1.82) is 0 Å². The Morgan fingerprint density at radius 2 is 1.76 bits per heavy atom. The number of nitrogens with zero attached hydrogens (tertiary/aromatic N) is 6.